The molecule has 2 rings (SSSR count). The minimum atomic E-state index is 0.471. The maximum atomic E-state index is 5.44. The first-order valence-corrected chi connectivity index (χ1v) is 3.62. The van der Waals surface area contributed by atoms with E-state index < -0.39 is 0 Å². The summed E-state index contributed by atoms with van der Waals surface area (Å²) in [4.78, 5) is 0. The van der Waals surface area contributed by atoms with Crippen molar-refractivity contribution in [3.8, 4) is 11.5 Å². The minimum Gasteiger partial charge on any atom is -0.462 e. The molecule has 0 atom stereocenters. The predicted octanol–water partition coefficient (Wildman–Crippen LogP) is 1.56. The Balaban J connectivity index is 2.43. The van der Waals surface area contributed by atoms with Crippen LogP contribution in [0.1, 0.15) is 5.56 Å². The van der Waals surface area contributed by atoms with Gasteiger partial charge in [0.2, 0.25) is 0 Å². The summed E-state index contributed by atoms with van der Waals surface area (Å²) in [7, 11) is 0. The lowest BCUT2D eigenvalue weighted by Crippen LogP contribution is -1.81. The highest BCUT2D eigenvalue weighted by Crippen LogP contribution is 2.20. The van der Waals surface area contributed by atoms with Gasteiger partial charge in [-0.2, -0.15) is 5.10 Å². The van der Waals surface area contributed by atoms with E-state index in [0.29, 0.717) is 5.82 Å². The van der Waals surface area contributed by atoms with Gasteiger partial charge in [0.1, 0.15) is 11.5 Å². The molecule has 3 N–H and O–H groups in total. The van der Waals surface area contributed by atoms with E-state index in [1.165, 1.54) is 0 Å². The molecule has 0 aliphatic carbocycles. The van der Waals surface area contributed by atoms with Crippen molar-refractivity contribution in [2.75, 3.05) is 5.73 Å². The first kappa shape index (κ1) is 6.97. The second-order valence-electron chi connectivity index (χ2n) is 2.69. The molecule has 0 saturated carbocycles. The van der Waals surface area contributed by atoms with Crippen LogP contribution in [0.3, 0.4) is 0 Å². The van der Waals surface area contributed by atoms with Crippen LogP contribution in [0.15, 0.2) is 22.8 Å². The number of aryl methyl sites for hydroxylation is 1. The molecule has 0 aliphatic heterocycles. The number of furan rings is 1. The molecule has 0 aromatic carbocycles. The van der Waals surface area contributed by atoms with Crippen LogP contribution in [0.2, 0.25) is 0 Å². The number of nitrogens with one attached hydrogen (secondary N) is 1. The monoisotopic (exact) mass is 163 g/mol. The molecule has 0 saturated heterocycles. The Hall–Kier alpha value is -1.71. The summed E-state index contributed by atoms with van der Waals surface area (Å²) in [6.45, 7) is 1.97. The van der Waals surface area contributed by atoms with Gasteiger partial charge in [-0.05, 0) is 18.6 Å². The third-order valence-electron chi connectivity index (χ3n) is 1.59. The molecule has 2 heterocycles. The fraction of sp³-hybridized carbons (Fsp3) is 0.125. The lowest BCUT2D eigenvalue weighted by Gasteiger charge is -1.85. The van der Waals surface area contributed by atoms with Crippen molar-refractivity contribution in [1.29, 1.82) is 0 Å². The molecule has 4 nitrogen and oxygen atoms in total. The summed E-state index contributed by atoms with van der Waals surface area (Å²) in [6, 6.07) is 3.66. The minimum absolute atomic E-state index is 0.471. The van der Waals surface area contributed by atoms with Crippen LogP contribution >= 0.6 is 0 Å². The third kappa shape index (κ3) is 1.07. The topological polar surface area (TPSA) is 67.8 Å². The largest absolute Gasteiger partial charge is 0.462 e. The van der Waals surface area contributed by atoms with Crippen LogP contribution in [0.5, 0.6) is 0 Å². The SMILES string of the molecule is Cc1coc(-c2cc(N)n[nH]2)c1. The number of anilines is 1. The summed E-state index contributed by atoms with van der Waals surface area (Å²) in [6.07, 6.45) is 1.69. The Labute approximate surface area is 69.4 Å². The van der Waals surface area contributed by atoms with Crippen LogP contribution < -0.4 is 5.73 Å². The quantitative estimate of drug-likeness (QED) is 0.670. The molecule has 0 unspecified atom stereocenters. The lowest BCUT2D eigenvalue weighted by molar-refractivity contribution is 0.578. The van der Waals surface area contributed by atoms with Gasteiger partial charge in [-0.3, -0.25) is 5.10 Å². The molecule has 0 radical (unpaired) electrons. The zero-order chi connectivity index (χ0) is 8.55. The van der Waals surface area contributed by atoms with Crippen molar-refractivity contribution >= 4 is 5.82 Å². The fourth-order valence-electron chi connectivity index (χ4n) is 1.04. The maximum Gasteiger partial charge on any atom is 0.151 e. The Morgan fingerprint density at radius 2 is 2.33 bits per heavy atom. The Morgan fingerprint density at radius 1 is 1.50 bits per heavy atom. The number of nitrogen functional groups attached to an aromatic ring is 1. The van der Waals surface area contributed by atoms with Crippen molar-refractivity contribution < 1.29 is 4.42 Å². The van der Waals surface area contributed by atoms with Gasteiger partial charge < -0.3 is 10.2 Å². The lowest BCUT2D eigenvalue weighted by atomic mass is 10.3. The molecule has 0 amide bonds. The molecule has 62 valence electrons. The van der Waals surface area contributed by atoms with Gasteiger partial charge in [0, 0.05) is 6.07 Å². The van der Waals surface area contributed by atoms with E-state index in [0.717, 1.165) is 17.0 Å². The standard InChI is InChI=1S/C8H9N3O/c1-5-2-7(12-4-5)6-3-8(9)11-10-6/h2-4H,1H3,(H3,9,10,11). The molecule has 0 fully saturated rings. The van der Waals surface area contributed by atoms with E-state index >= 15 is 0 Å². The van der Waals surface area contributed by atoms with Gasteiger partial charge in [0.05, 0.1) is 6.26 Å². The Kier molecular flexibility index (Phi) is 1.40. The highest BCUT2D eigenvalue weighted by Gasteiger charge is 2.04. The number of hydrogen-bond acceptors (Lipinski definition) is 3. The average molecular weight is 163 g/mol. The zero-order valence-corrected chi connectivity index (χ0v) is 6.66. The van der Waals surface area contributed by atoms with Crippen LogP contribution in [0.25, 0.3) is 11.5 Å². The van der Waals surface area contributed by atoms with Crippen LogP contribution in [-0.2, 0) is 0 Å². The summed E-state index contributed by atoms with van der Waals surface area (Å²) >= 11 is 0. The number of hydrogen-bond donors (Lipinski definition) is 2. The zero-order valence-electron chi connectivity index (χ0n) is 6.66. The van der Waals surface area contributed by atoms with Gasteiger partial charge in [-0.15, -0.1) is 0 Å². The highest BCUT2D eigenvalue weighted by atomic mass is 16.3. The predicted molar refractivity (Wildman–Crippen MR) is 45.4 cm³/mol. The van der Waals surface area contributed by atoms with E-state index in [-0.39, 0.29) is 0 Å². The van der Waals surface area contributed by atoms with Gasteiger partial charge in [0.25, 0.3) is 0 Å². The highest BCUT2D eigenvalue weighted by molar-refractivity contribution is 5.56. The van der Waals surface area contributed by atoms with E-state index in [1.807, 2.05) is 13.0 Å². The van der Waals surface area contributed by atoms with Crippen LogP contribution in [-0.4, -0.2) is 10.2 Å². The number of nitrogens with zero attached hydrogens (tertiary/aromatic N) is 1. The number of nitrogens with two attached hydrogens (primary N) is 1. The number of H-pyrrole nitrogens is 1. The summed E-state index contributed by atoms with van der Waals surface area (Å²) in [5.41, 5.74) is 7.33. The summed E-state index contributed by atoms with van der Waals surface area (Å²) < 4.78 is 5.24. The van der Waals surface area contributed by atoms with E-state index in [1.54, 1.807) is 12.3 Å². The van der Waals surface area contributed by atoms with Gasteiger partial charge in [-0.25, -0.2) is 0 Å². The Morgan fingerprint density at radius 3 is 2.83 bits per heavy atom. The number of aromatic amines is 1. The van der Waals surface area contributed by atoms with Crippen LogP contribution in [0, 0.1) is 6.92 Å². The fourth-order valence-corrected chi connectivity index (χ4v) is 1.04. The maximum absolute atomic E-state index is 5.44. The first-order chi connectivity index (χ1) is 5.75. The number of aromatic nitrogens is 2. The average Bonchev–Trinajstić information content (AvgIpc) is 2.58. The van der Waals surface area contributed by atoms with E-state index in [2.05, 4.69) is 10.2 Å². The second-order valence-corrected chi connectivity index (χ2v) is 2.69. The molecular weight excluding hydrogens is 154 g/mol. The molecule has 0 bridgehead atoms. The molecule has 4 heteroatoms. The summed E-state index contributed by atoms with van der Waals surface area (Å²) in [5.74, 6) is 1.23. The summed E-state index contributed by atoms with van der Waals surface area (Å²) in [5, 5.41) is 6.56. The van der Waals surface area contributed by atoms with E-state index in [4.69, 9.17) is 10.2 Å². The normalized spacial score (nSPS) is 10.4. The third-order valence-corrected chi connectivity index (χ3v) is 1.59. The first-order valence-electron chi connectivity index (χ1n) is 3.62. The van der Waals surface area contributed by atoms with Crippen molar-refractivity contribution in [2.45, 2.75) is 6.92 Å². The van der Waals surface area contributed by atoms with Crippen molar-refractivity contribution in [2.24, 2.45) is 0 Å². The van der Waals surface area contributed by atoms with Crippen molar-refractivity contribution in [3.05, 3.63) is 24.0 Å². The van der Waals surface area contributed by atoms with Gasteiger partial charge >= 0.3 is 0 Å². The second kappa shape index (κ2) is 2.41. The van der Waals surface area contributed by atoms with Crippen LogP contribution in [0.4, 0.5) is 5.82 Å². The molecule has 0 spiro atoms. The Bertz CT molecular complexity index is 350. The molecule has 0 aliphatic rings. The van der Waals surface area contributed by atoms with Crippen molar-refractivity contribution in [1.82, 2.24) is 10.2 Å². The molecular formula is C8H9N3O. The smallest absolute Gasteiger partial charge is 0.151 e. The van der Waals surface area contributed by atoms with E-state index in [9.17, 15) is 0 Å². The van der Waals surface area contributed by atoms with Gasteiger partial charge in [0.15, 0.2) is 5.76 Å². The molecule has 2 aromatic heterocycles. The molecule has 12 heavy (non-hydrogen) atoms. The van der Waals surface area contributed by atoms with Crippen molar-refractivity contribution in [3.63, 3.8) is 0 Å². The number of rotatable bonds is 1. The van der Waals surface area contributed by atoms with Gasteiger partial charge in [-0.1, -0.05) is 0 Å². The molecule has 2 aromatic rings.